The number of piperidine rings is 1. The van der Waals surface area contributed by atoms with Crippen LogP contribution in [0.3, 0.4) is 0 Å². The van der Waals surface area contributed by atoms with Crippen molar-refractivity contribution in [3.8, 4) is 0 Å². The van der Waals surface area contributed by atoms with E-state index in [1.165, 1.54) is 18.1 Å². The lowest BCUT2D eigenvalue weighted by atomic mass is 9.83. The van der Waals surface area contributed by atoms with Gasteiger partial charge in [-0.25, -0.2) is 0 Å². The summed E-state index contributed by atoms with van der Waals surface area (Å²) in [5.74, 6) is -0.489. The Morgan fingerprint density at radius 1 is 1.13 bits per heavy atom. The number of rotatable bonds is 5. The molecule has 6 heteroatoms. The molecular weight excluding hydrogens is 412 g/mol. The van der Waals surface area contributed by atoms with Crippen LogP contribution in [0.15, 0.2) is 71.5 Å². The van der Waals surface area contributed by atoms with Crippen molar-refractivity contribution in [2.24, 2.45) is 5.92 Å². The molecule has 2 aromatic carbocycles. The van der Waals surface area contributed by atoms with Crippen LogP contribution in [0.1, 0.15) is 40.7 Å². The van der Waals surface area contributed by atoms with E-state index in [0.717, 1.165) is 12.0 Å². The van der Waals surface area contributed by atoms with Crippen LogP contribution in [0, 0.1) is 5.92 Å². The number of hydrogen-bond donors (Lipinski definition) is 1. The van der Waals surface area contributed by atoms with Gasteiger partial charge in [0.15, 0.2) is 0 Å². The van der Waals surface area contributed by atoms with Gasteiger partial charge in [0.05, 0.1) is 17.7 Å². The summed E-state index contributed by atoms with van der Waals surface area (Å²) in [5.41, 5.74) is 3.55. The normalized spacial score (nSPS) is 18.6. The number of halogens is 1. The maximum Gasteiger partial charge on any atom is 0.257 e. The molecule has 2 heterocycles. The van der Waals surface area contributed by atoms with Crippen molar-refractivity contribution in [2.45, 2.75) is 25.7 Å². The predicted octanol–water partition coefficient (Wildman–Crippen LogP) is 5.38. The summed E-state index contributed by atoms with van der Waals surface area (Å²) in [6.45, 7) is 3.05. The number of nitrogens with one attached hydrogen (secondary N) is 1. The SMILES string of the molecule is CCc1ccc([C@@H]2C[C@@H](C(=O)Nc3cccc(Cl)c3)CN(C(=O)c3ccoc3)C2)cc1. The van der Waals surface area contributed by atoms with E-state index < -0.39 is 0 Å². The Balaban J connectivity index is 1.57. The highest BCUT2D eigenvalue weighted by atomic mass is 35.5. The largest absolute Gasteiger partial charge is 0.472 e. The van der Waals surface area contributed by atoms with Crippen LogP contribution in [-0.2, 0) is 11.2 Å². The van der Waals surface area contributed by atoms with E-state index in [1.54, 1.807) is 29.2 Å². The fourth-order valence-corrected chi connectivity index (χ4v) is 4.29. The third kappa shape index (κ3) is 5.00. The molecule has 1 aromatic heterocycles. The molecule has 4 rings (SSSR count). The third-order valence-electron chi connectivity index (χ3n) is 5.83. The predicted molar refractivity (Wildman–Crippen MR) is 121 cm³/mol. The van der Waals surface area contributed by atoms with Crippen molar-refractivity contribution in [3.63, 3.8) is 0 Å². The number of amides is 2. The summed E-state index contributed by atoms with van der Waals surface area (Å²) in [4.78, 5) is 27.9. The Morgan fingerprint density at radius 2 is 1.94 bits per heavy atom. The van der Waals surface area contributed by atoms with Gasteiger partial charge in [0.25, 0.3) is 5.91 Å². The lowest BCUT2D eigenvalue weighted by molar-refractivity contribution is -0.121. The summed E-state index contributed by atoms with van der Waals surface area (Å²) < 4.78 is 5.09. The number of nitrogens with zero attached hydrogens (tertiary/aromatic N) is 1. The van der Waals surface area contributed by atoms with Gasteiger partial charge in [-0.15, -0.1) is 0 Å². The zero-order valence-corrected chi connectivity index (χ0v) is 18.1. The highest BCUT2D eigenvalue weighted by molar-refractivity contribution is 6.30. The molecule has 0 spiro atoms. The minimum absolute atomic E-state index is 0.0746. The van der Waals surface area contributed by atoms with Crippen LogP contribution >= 0.6 is 11.6 Å². The fraction of sp³-hybridized carbons (Fsp3) is 0.280. The van der Waals surface area contributed by atoms with Gasteiger partial charge in [0.1, 0.15) is 6.26 Å². The van der Waals surface area contributed by atoms with Crippen molar-refractivity contribution in [2.75, 3.05) is 18.4 Å². The maximum absolute atomic E-state index is 13.1. The molecule has 3 aromatic rings. The number of anilines is 1. The summed E-state index contributed by atoms with van der Waals surface area (Å²) in [7, 11) is 0. The van der Waals surface area contributed by atoms with Gasteiger partial charge in [0.2, 0.25) is 5.91 Å². The molecule has 1 saturated heterocycles. The quantitative estimate of drug-likeness (QED) is 0.584. The first-order valence-electron chi connectivity index (χ1n) is 10.5. The van der Waals surface area contributed by atoms with E-state index in [1.807, 2.05) is 6.07 Å². The Labute approximate surface area is 187 Å². The molecule has 0 bridgehead atoms. The number of furan rings is 1. The van der Waals surface area contributed by atoms with Crippen molar-refractivity contribution < 1.29 is 14.0 Å². The van der Waals surface area contributed by atoms with Crippen LogP contribution in [0.25, 0.3) is 0 Å². The third-order valence-corrected chi connectivity index (χ3v) is 6.06. The molecule has 0 aliphatic carbocycles. The summed E-state index contributed by atoms with van der Waals surface area (Å²) in [6, 6.07) is 17.2. The second kappa shape index (κ2) is 9.40. The standard InChI is InChI=1S/C25H25ClN2O3/c1-2-17-6-8-18(9-7-17)20-12-21(24(29)27-23-5-3-4-22(26)13-23)15-28(14-20)25(30)19-10-11-31-16-19/h3-11,13,16,20-21H,2,12,14-15H2,1H3,(H,27,29)/t20-,21-/m1/s1. The Kier molecular flexibility index (Phi) is 6.42. The zero-order valence-electron chi connectivity index (χ0n) is 17.4. The van der Waals surface area contributed by atoms with Crippen molar-refractivity contribution in [1.29, 1.82) is 0 Å². The van der Waals surface area contributed by atoms with E-state index >= 15 is 0 Å². The first-order chi connectivity index (χ1) is 15.0. The number of benzene rings is 2. The van der Waals surface area contributed by atoms with Crippen LogP contribution in [0.4, 0.5) is 5.69 Å². The van der Waals surface area contributed by atoms with Gasteiger partial charge < -0.3 is 14.6 Å². The Morgan fingerprint density at radius 3 is 2.61 bits per heavy atom. The van der Waals surface area contributed by atoms with E-state index in [-0.39, 0.29) is 23.7 Å². The first-order valence-corrected chi connectivity index (χ1v) is 10.9. The van der Waals surface area contributed by atoms with Crippen LogP contribution < -0.4 is 5.32 Å². The van der Waals surface area contributed by atoms with Crippen LogP contribution in [-0.4, -0.2) is 29.8 Å². The second-order valence-electron chi connectivity index (χ2n) is 7.95. The van der Waals surface area contributed by atoms with E-state index in [2.05, 4.69) is 36.5 Å². The Hall–Kier alpha value is -3.05. The summed E-state index contributed by atoms with van der Waals surface area (Å²) >= 11 is 6.05. The van der Waals surface area contributed by atoms with E-state index in [4.69, 9.17) is 16.0 Å². The molecule has 0 unspecified atom stereocenters. The number of carbonyl (C=O) groups is 2. The molecule has 2 atom stereocenters. The second-order valence-corrected chi connectivity index (χ2v) is 8.38. The number of likely N-dealkylation sites (tertiary alicyclic amines) is 1. The van der Waals surface area contributed by atoms with E-state index in [0.29, 0.717) is 35.8 Å². The monoisotopic (exact) mass is 436 g/mol. The highest BCUT2D eigenvalue weighted by Gasteiger charge is 2.35. The van der Waals surface area contributed by atoms with Gasteiger partial charge in [-0.3, -0.25) is 9.59 Å². The lowest BCUT2D eigenvalue weighted by Crippen LogP contribution is -2.46. The first kappa shape index (κ1) is 21.2. The molecule has 0 radical (unpaired) electrons. The average molecular weight is 437 g/mol. The van der Waals surface area contributed by atoms with Crippen molar-refractivity contribution in [3.05, 3.63) is 88.8 Å². The van der Waals surface area contributed by atoms with E-state index in [9.17, 15) is 9.59 Å². The molecule has 1 fully saturated rings. The molecule has 1 aliphatic heterocycles. The molecule has 160 valence electrons. The lowest BCUT2D eigenvalue weighted by Gasteiger charge is -2.37. The van der Waals surface area contributed by atoms with Gasteiger partial charge in [0, 0.05) is 29.7 Å². The summed E-state index contributed by atoms with van der Waals surface area (Å²) in [5, 5.41) is 3.52. The van der Waals surface area contributed by atoms with Crippen LogP contribution in [0.5, 0.6) is 0 Å². The highest BCUT2D eigenvalue weighted by Crippen LogP contribution is 2.32. The topological polar surface area (TPSA) is 62.6 Å². The van der Waals surface area contributed by atoms with Gasteiger partial charge in [-0.2, -0.15) is 0 Å². The average Bonchev–Trinajstić information content (AvgIpc) is 3.33. The molecule has 2 amide bonds. The van der Waals surface area contributed by atoms with Gasteiger partial charge >= 0.3 is 0 Å². The molecule has 0 saturated carbocycles. The van der Waals surface area contributed by atoms with Gasteiger partial charge in [-0.1, -0.05) is 48.9 Å². The molecule has 31 heavy (non-hydrogen) atoms. The van der Waals surface area contributed by atoms with Crippen molar-refractivity contribution >= 4 is 29.1 Å². The minimum atomic E-state index is -0.334. The minimum Gasteiger partial charge on any atom is -0.472 e. The molecular formula is C25H25ClN2O3. The zero-order chi connectivity index (χ0) is 21.8. The number of aryl methyl sites for hydroxylation is 1. The smallest absolute Gasteiger partial charge is 0.257 e. The van der Waals surface area contributed by atoms with Crippen LogP contribution in [0.2, 0.25) is 5.02 Å². The van der Waals surface area contributed by atoms with Crippen molar-refractivity contribution in [1.82, 2.24) is 4.90 Å². The number of hydrogen-bond acceptors (Lipinski definition) is 3. The number of carbonyl (C=O) groups excluding carboxylic acids is 2. The molecule has 1 aliphatic rings. The molecule has 5 nitrogen and oxygen atoms in total. The fourth-order valence-electron chi connectivity index (χ4n) is 4.10. The Bertz CT molecular complexity index is 1050. The molecule has 1 N–H and O–H groups in total. The summed E-state index contributed by atoms with van der Waals surface area (Å²) in [6.07, 6.45) is 4.58. The van der Waals surface area contributed by atoms with Gasteiger partial charge in [-0.05, 0) is 48.2 Å². The maximum atomic E-state index is 13.1.